The van der Waals surface area contributed by atoms with E-state index in [0.717, 1.165) is 25.4 Å². The number of aromatic nitrogens is 3. The summed E-state index contributed by atoms with van der Waals surface area (Å²) in [6, 6.07) is 3.06. The van der Waals surface area contributed by atoms with Crippen molar-refractivity contribution < 1.29 is 23.2 Å². The van der Waals surface area contributed by atoms with Crippen molar-refractivity contribution >= 4 is 11.8 Å². The van der Waals surface area contributed by atoms with E-state index in [1.165, 1.54) is 12.1 Å². The van der Waals surface area contributed by atoms with Crippen LogP contribution in [0.15, 0.2) is 43.7 Å². The molecule has 14 nitrogen and oxygen atoms in total. The van der Waals surface area contributed by atoms with E-state index in [1.807, 2.05) is 6.92 Å². The van der Waals surface area contributed by atoms with Crippen molar-refractivity contribution in [1.29, 1.82) is 0 Å². The highest BCUT2D eigenvalue weighted by atomic mass is 16.5. The van der Waals surface area contributed by atoms with Gasteiger partial charge in [0.25, 0.3) is 11.8 Å². The number of amides is 2. The zero-order valence-electron chi connectivity index (χ0n) is 16.0. The van der Waals surface area contributed by atoms with E-state index in [0.29, 0.717) is 12.4 Å². The number of oxazole rings is 2. The van der Waals surface area contributed by atoms with Crippen molar-refractivity contribution in [3.63, 3.8) is 0 Å². The fourth-order valence-corrected chi connectivity index (χ4v) is 2.31. The summed E-state index contributed by atoms with van der Waals surface area (Å²) < 4.78 is 16.3. The van der Waals surface area contributed by atoms with E-state index in [-0.39, 0.29) is 34.6 Å². The molecule has 0 atom stereocenters. The fourth-order valence-electron chi connectivity index (χ4n) is 2.31. The lowest BCUT2D eigenvalue weighted by Gasteiger charge is -2.07. The van der Waals surface area contributed by atoms with Gasteiger partial charge in [0.1, 0.15) is 29.7 Å². The number of rotatable bonds is 8. The predicted molar refractivity (Wildman–Crippen MR) is 103 cm³/mol. The van der Waals surface area contributed by atoms with Gasteiger partial charge in [-0.3, -0.25) is 9.59 Å². The Morgan fingerprint density at radius 2 is 1.48 bits per heavy atom. The summed E-state index contributed by atoms with van der Waals surface area (Å²) in [4.78, 5) is 40.4. The Morgan fingerprint density at radius 3 is 1.94 bits per heavy atom. The highest BCUT2D eigenvalue weighted by molar-refractivity contribution is 5.93. The van der Waals surface area contributed by atoms with Gasteiger partial charge in [0.2, 0.25) is 11.8 Å². The maximum atomic E-state index is 11.7. The van der Waals surface area contributed by atoms with Crippen LogP contribution in [0, 0.1) is 0 Å². The van der Waals surface area contributed by atoms with Gasteiger partial charge in [-0.2, -0.15) is 0 Å². The van der Waals surface area contributed by atoms with Gasteiger partial charge < -0.3 is 13.6 Å². The number of carbonyl (C=O) groups is 2. The largest absolute Gasteiger partial charge is 0.493 e. The molecule has 2 amide bonds. The van der Waals surface area contributed by atoms with E-state index in [9.17, 15) is 9.59 Å². The molecular weight excluding hydrogens is 410 g/mol. The smallest absolute Gasteiger partial charge is 0.270 e. The van der Waals surface area contributed by atoms with Crippen molar-refractivity contribution in [2.24, 2.45) is 10.2 Å². The third kappa shape index (κ3) is 5.03. The zero-order valence-corrected chi connectivity index (χ0v) is 16.0. The molecule has 3 rings (SSSR count). The summed E-state index contributed by atoms with van der Waals surface area (Å²) in [6.45, 7) is 2.44. The van der Waals surface area contributed by atoms with Crippen LogP contribution < -0.4 is 4.74 Å². The van der Waals surface area contributed by atoms with Gasteiger partial charge in [-0.05, 0) is 27.7 Å². The minimum absolute atomic E-state index is 0.0457. The number of carbonyl (C=O) groups excluding carboxylic acids is 2. The van der Waals surface area contributed by atoms with Gasteiger partial charge in [-0.15, -0.1) is 0 Å². The molecule has 3 aromatic heterocycles. The van der Waals surface area contributed by atoms with Gasteiger partial charge in [0.15, 0.2) is 11.4 Å². The molecule has 0 aliphatic carbocycles. The Morgan fingerprint density at radius 1 is 0.968 bits per heavy atom. The van der Waals surface area contributed by atoms with Crippen LogP contribution in [0.1, 0.15) is 40.7 Å². The number of hydrogen-bond acceptors (Lipinski definition) is 8. The van der Waals surface area contributed by atoms with Crippen molar-refractivity contribution in [1.82, 2.24) is 15.0 Å². The minimum atomic E-state index is -0.915. The van der Waals surface area contributed by atoms with E-state index in [4.69, 9.17) is 24.6 Å². The summed E-state index contributed by atoms with van der Waals surface area (Å²) in [5, 5.41) is 5.90. The Labute approximate surface area is 173 Å². The van der Waals surface area contributed by atoms with Crippen LogP contribution in [-0.4, -0.2) is 33.4 Å². The molecule has 0 aliphatic rings. The lowest BCUT2D eigenvalue weighted by atomic mass is 10.2. The van der Waals surface area contributed by atoms with Crippen LogP contribution in [0.2, 0.25) is 0 Å². The predicted octanol–water partition coefficient (Wildman–Crippen LogP) is 4.47. The van der Waals surface area contributed by atoms with E-state index < -0.39 is 11.8 Å². The topological polar surface area (TPSA) is 206 Å². The summed E-state index contributed by atoms with van der Waals surface area (Å²) >= 11 is 0. The van der Waals surface area contributed by atoms with Crippen LogP contribution >= 0.6 is 0 Å². The van der Waals surface area contributed by atoms with Gasteiger partial charge in [0, 0.05) is 22.0 Å². The quantitative estimate of drug-likeness (QED) is 0.218. The third-order valence-electron chi connectivity index (χ3n) is 3.72. The first-order chi connectivity index (χ1) is 15.0. The molecule has 0 bridgehead atoms. The van der Waals surface area contributed by atoms with Crippen LogP contribution in [0.4, 0.5) is 0 Å². The molecule has 0 aliphatic heterocycles. The second-order valence-corrected chi connectivity index (χ2v) is 5.84. The Balaban J connectivity index is 2.01. The number of unbranched alkanes of at least 4 members (excludes halogenated alkanes) is 1. The molecule has 0 saturated heterocycles. The number of ether oxygens (including phenoxy) is 1. The normalized spacial score (nSPS) is 10.1. The third-order valence-corrected chi connectivity index (χ3v) is 3.72. The molecule has 3 aromatic rings. The lowest BCUT2D eigenvalue weighted by Crippen LogP contribution is -1.99. The summed E-state index contributed by atoms with van der Waals surface area (Å²) in [5.74, 6) is -1.54. The lowest BCUT2D eigenvalue weighted by molar-refractivity contribution is 0.0987. The standard InChI is InChI=1S/C17H13N9O5/c1-2-3-4-29-9-5-10(16-21-12(7-30-16)14(27)23-25-18)20-11(6-9)17-22-13(8-31-17)15(28)24-26-19/h5-8H,2-4H2,1H3. The van der Waals surface area contributed by atoms with E-state index in [2.05, 4.69) is 35.0 Å². The first-order valence-corrected chi connectivity index (χ1v) is 8.81. The fraction of sp³-hybridized carbons (Fsp3) is 0.235. The summed E-state index contributed by atoms with van der Waals surface area (Å²) in [5.41, 5.74) is 16.7. The van der Waals surface area contributed by atoms with Crippen LogP contribution in [0.3, 0.4) is 0 Å². The van der Waals surface area contributed by atoms with Crippen LogP contribution in [-0.2, 0) is 0 Å². The molecule has 0 fully saturated rings. The van der Waals surface area contributed by atoms with Gasteiger partial charge in [-0.25, -0.2) is 15.0 Å². The van der Waals surface area contributed by atoms with Crippen molar-refractivity contribution in [3.8, 4) is 28.9 Å². The minimum Gasteiger partial charge on any atom is -0.493 e. The number of hydrogen-bond donors (Lipinski definition) is 0. The molecule has 156 valence electrons. The Kier molecular flexibility index (Phi) is 6.58. The molecule has 0 N–H and O–H groups in total. The first-order valence-electron chi connectivity index (χ1n) is 8.81. The Bertz CT molecular complexity index is 1130. The van der Waals surface area contributed by atoms with E-state index in [1.54, 1.807) is 0 Å². The summed E-state index contributed by atoms with van der Waals surface area (Å²) in [6.07, 6.45) is 3.78. The van der Waals surface area contributed by atoms with Gasteiger partial charge in [0.05, 0.1) is 6.61 Å². The molecular formula is C17H13N9O5. The van der Waals surface area contributed by atoms with Crippen LogP contribution in [0.25, 0.3) is 44.1 Å². The van der Waals surface area contributed by atoms with Crippen molar-refractivity contribution in [2.45, 2.75) is 19.8 Å². The summed E-state index contributed by atoms with van der Waals surface area (Å²) in [7, 11) is 0. The van der Waals surface area contributed by atoms with E-state index >= 15 is 0 Å². The molecule has 31 heavy (non-hydrogen) atoms. The molecule has 0 saturated carbocycles. The molecule has 0 unspecified atom stereocenters. The average Bonchev–Trinajstić information content (AvgIpc) is 3.44. The van der Waals surface area contributed by atoms with Gasteiger partial charge >= 0.3 is 0 Å². The SMILES string of the molecule is CCCCOc1cc(-c2nc(C(=O)N=[N+]=[N-])co2)nc(-c2nc(C(=O)N=[N+]=[N-])co2)c1. The average molecular weight is 423 g/mol. The van der Waals surface area contributed by atoms with Crippen molar-refractivity contribution in [2.75, 3.05) is 6.61 Å². The number of azide groups is 2. The Hall–Kier alpha value is -4.67. The molecule has 3 heterocycles. The highest BCUT2D eigenvalue weighted by Crippen LogP contribution is 2.28. The molecule has 0 spiro atoms. The van der Waals surface area contributed by atoms with Crippen LogP contribution in [0.5, 0.6) is 5.75 Å². The monoisotopic (exact) mass is 423 g/mol. The molecule has 0 radical (unpaired) electrons. The van der Waals surface area contributed by atoms with Gasteiger partial charge in [-0.1, -0.05) is 13.3 Å². The highest BCUT2D eigenvalue weighted by Gasteiger charge is 2.19. The van der Waals surface area contributed by atoms with Crippen molar-refractivity contribution in [3.05, 3.63) is 56.9 Å². The molecule has 14 heteroatoms. The second kappa shape index (κ2) is 9.69. The number of nitrogens with zero attached hydrogens (tertiary/aromatic N) is 9. The maximum Gasteiger partial charge on any atom is 0.270 e. The second-order valence-electron chi connectivity index (χ2n) is 5.84. The maximum absolute atomic E-state index is 11.7. The molecule has 0 aromatic carbocycles. The first kappa shape index (κ1) is 21.0. The zero-order chi connectivity index (χ0) is 22.2. The number of pyridine rings is 1.